The third kappa shape index (κ3) is 5.38. The first kappa shape index (κ1) is 19.1. The largest absolute Gasteiger partial charge is 0.493 e. The van der Waals surface area contributed by atoms with Crippen LogP contribution in [-0.4, -0.2) is 12.5 Å². The van der Waals surface area contributed by atoms with Gasteiger partial charge in [-0.2, -0.15) is 0 Å². The number of hydrogen-bond acceptors (Lipinski definition) is 3. The number of nitrogens with one attached hydrogen (secondary N) is 1. The normalized spacial score (nSPS) is 10.8. The molecule has 3 rings (SSSR count). The smallest absolute Gasteiger partial charge is 0.291 e. The fraction of sp³-hybridized carbons (Fsp3) is 0.227. The summed E-state index contributed by atoms with van der Waals surface area (Å²) in [6.07, 6.45) is 0.493. The molecule has 0 atom stereocenters. The van der Waals surface area contributed by atoms with Gasteiger partial charge >= 0.3 is 0 Å². The molecule has 1 N–H and O–H groups in total. The number of benzene rings is 2. The summed E-state index contributed by atoms with van der Waals surface area (Å²) in [7, 11) is 0. The molecule has 27 heavy (non-hydrogen) atoms. The van der Waals surface area contributed by atoms with Crippen LogP contribution in [0.5, 0.6) is 5.75 Å². The van der Waals surface area contributed by atoms with Crippen molar-refractivity contribution in [2.75, 3.05) is 11.9 Å². The Kier molecular flexibility index (Phi) is 6.20. The van der Waals surface area contributed by atoms with Crippen LogP contribution in [0.3, 0.4) is 0 Å². The molecule has 0 aliphatic heterocycles. The van der Waals surface area contributed by atoms with Gasteiger partial charge in [0.2, 0.25) is 0 Å². The lowest BCUT2D eigenvalue weighted by molar-refractivity contribution is 0.0995. The molecule has 0 fully saturated rings. The first-order valence-corrected chi connectivity index (χ1v) is 9.25. The number of carbonyl (C=O) groups excluding carboxylic acids is 1. The summed E-state index contributed by atoms with van der Waals surface area (Å²) in [6.45, 7) is 4.82. The molecule has 1 aromatic heterocycles. The van der Waals surface area contributed by atoms with Gasteiger partial charge in [0.15, 0.2) is 5.76 Å². The summed E-state index contributed by atoms with van der Waals surface area (Å²) >= 11 is 6.14. The highest BCUT2D eigenvalue weighted by Gasteiger charge is 2.14. The lowest BCUT2D eigenvalue weighted by Gasteiger charge is -2.13. The summed E-state index contributed by atoms with van der Waals surface area (Å²) in [4.78, 5) is 12.3. The summed E-state index contributed by atoms with van der Waals surface area (Å²) < 4.78 is 11.6. The summed E-state index contributed by atoms with van der Waals surface area (Å²) in [6, 6.07) is 18.3. The Morgan fingerprint density at radius 2 is 1.89 bits per heavy atom. The topological polar surface area (TPSA) is 51.5 Å². The van der Waals surface area contributed by atoms with Gasteiger partial charge in [0.25, 0.3) is 5.91 Å². The fourth-order valence-corrected chi connectivity index (χ4v) is 2.77. The van der Waals surface area contributed by atoms with E-state index in [2.05, 4.69) is 19.2 Å². The van der Waals surface area contributed by atoms with Crippen molar-refractivity contribution in [1.82, 2.24) is 0 Å². The van der Waals surface area contributed by atoms with E-state index in [-0.39, 0.29) is 11.7 Å². The average Bonchev–Trinajstić information content (AvgIpc) is 3.10. The van der Waals surface area contributed by atoms with Crippen molar-refractivity contribution in [3.63, 3.8) is 0 Å². The Balaban J connectivity index is 1.72. The summed E-state index contributed by atoms with van der Waals surface area (Å²) in [5.74, 6) is 1.85. The van der Waals surface area contributed by atoms with Gasteiger partial charge in [0.05, 0.1) is 6.61 Å². The van der Waals surface area contributed by atoms with Crippen molar-refractivity contribution in [3.8, 4) is 5.75 Å². The Hall–Kier alpha value is -2.72. The number of anilines is 1. The van der Waals surface area contributed by atoms with E-state index in [0.717, 1.165) is 17.0 Å². The van der Waals surface area contributed by atoms with Crippen molar-refractivity contribution in [2.24, 2.45) is 5.92 Å². The molecule has 0 aliphatic carbocycles. The van der Waals surface area contributed by atoms with E-state index >= 15 is 0 Å². The second-order valence-electron chi connectivity index (χ2n) is 6.72. The van der Waals surface area contributed by atoms with Gasteiger partial charge in [-0.1, -0.05) is 43.6 Å². The van der Waals surface area contributed by atoms with Crippen LogP contribution in [0.4, 0.5) is 5.69 Å². The molecule has 3 aromatic rings. The number of para-hydroxylation sites is 1. The third-order valence-corrected chi connectivity index (χ3v) is 4.11. The lowest BCUT2D eigenvalue weighted by Crippen LogP contribution is -2.10. The maximum absolute atomic E-state index is 12.3. The minimum atomic E-state index is -0.283. The molecule has 1 heterocycles. The van der Waals surface area contributed by atoms with Crippen LogP contribution in [0.2, 0.25) is 5.02 Å². The van der Waals surface area contributed by atoms with Gasteiger partial charge in [-0.05, 0) is 48.4 Å². The number of halogens is 1. The Bertz CT molecular complexity index is 903. The second kappa shape index (κ2) is 8.78. The molecular formula is C22H22ClNO3. The minimum absolute atomic E-state index is 0.264. The van der Waals surface area contributed by atoms with Gasteiger partial charge in [0.1, 0.15) is 11.5 Å². The molecule has 5 heteroatoms. The molecule has 0 spiro atoms. The zero-order valence-corrected chi connectivity index (χ0v) is 16.1. The van der Waals surface area contributed by atoms with Crippen LogP contribution in [-0.2, 0) is 6.42 Å². The molecule has 0 saturated heterocycles. The van der Waals surface area contributed by atoms with Crippen LogP contribution in [0.15, 0.2) is 65.1 Å². The average molecular weight is 384 g/mol. The number of amides is 1. The number of hydrogen-bond donors (Lipinski definition) is 1. The van der Waals surface area contributed by atoms with E-state index in [1.807, 2.05) is 48.5 Å². The SMILES string of the molecule is CC(C)COc1ccc(Cl)cc1Cc1ccc(C(=O)Nc2ccccc2)o1. The molecule has 0 unspecified atom stereocenters. The van der Waals surface area contributed by atoms with E-state index in [4.69, 9.17) is 20.8 Å². The standard InChI is InChI=1S/C22H22ClNO3/c1-15(2)14-26-20-10-8-17(23)12-16(20)13-19-9-11-21(27-19)22(25)24-18-6-4-3-5-7-18/h3-12,15H,13-14H2,1-2H3,(H,24,25). The van der Waals surface area contributed by atoms with E-state index < -0.39 is 0 Å². The summed E-state index contributed by atoms with van der Waals surface area (Å²) in [5, 5.41) is 3.44. The van der Waals surface area contributed by atoms with Crippen LogP contribution < -0.4 is 10.1 Å². The maximum atomic E-state index is 12.3. The Morgan fingerprint density at radius 1 is 1.11 bits per heavy atom. The quantitative estimate of drug-likeness (QED) is 0.560. The molecule has 1 amide bonds. The molecule has 4 nitrogen and oxygen atoms in total. The maximum Gasteiger partial charge on any atom is 0.291 e. The number of rotatable bonds is 7. The minimum Gasteiger partial charge on any atom is -0.493 e. The van der Waals surface area contributed by atoms with Crippen molar-refractivity contribution in [2.45, 2.75) is 20.3 Å². The van der Waals surface area contributed by atoms with Gasteiger partial charge < -0.3 is 14.5 Å². The highest BCUT2D eigenvalue weighted by atomic mass is 35.5. The first-order chi connectivity index (χ1) is 13.0. The van der Waals surface area contributed by atoms with Crippen LogP contribution in [0.1, 0.15) is 35.7 Å². The second-order valence-corrected chi connectivity index (χ2v) is 7.16. The number of ether oxygens (including phenoxy) is 1. The van der Waals surface area contributed by atoms with Gasteiger partial charge in [-0.25, -0.2) is 0 Å². The number of furan rings is 1. The predicted octanol–water partition coefficient (Wildman–Crippen LogP) is 5.81. The van der Waals surface area contributed by atoms with E-state index in [0.29, 0.717) is 29.7 Å². The fourth-order valence-electron chi connectivity index (χ4n) is 2.58. The summed E-state index contributed by atoms with van der Waals surface area (Å²) in [5.41, 5.74) is 1.65. The molecule has 0 aliphatic rings. The monoisotopic (exact) mass is 383 g/mol. The zero-order chi connectivity index (χ0) is 19.2. The highest BCUT2D eigenvalue weighted by Crippen LogP contribution is 2.27. The van der Waals surface area contributed by atoms with E-state index in [9.17, 15) is 4.79 Å². The van der Waals surface area contributed by atoms with Crippen molar-refractivity contribution in [3.05, 3.63) is 82.8 Å². The highest BCUT2D eigenvalue weighted by molar-refractivity contribution is 6.30. The number of carbonyl (C=O) groups is 1. The molecular weight excluding hydrogens is 362 g/mol. The molecule has 0 saturated carbocycles. The van der Waals surface area contributed by atoms with Crippen LogP contribution >= 0.6 is 11.6 Å². The molecule has 2 aromatic carbocycles. The lowest BCUT2D eigenvalue weighted by atomic mass is 10.1. The zero-order valence-electron chi connectivity index (χ0n) is 15.4. The molecule has 0 bridgehead atoms. The molecule has 140 valence electrons. The van der Waals surface area contributed by atoms with E-state index in [1.54, 1.807) is 12.1 Å². The van der Waals surface area contributed by atoms with Crippen LogP contribution in [0.25, 0.3) is 0 Å². The van der Waals surface area contributed by atoms with Crippen molar-refractivity contribution < 1.29 is 13.9 Å². The van der Waals surface area contributed by atoms with Gasteiger partial charge in [-0.3, -0.25) is 4.79 Å². The predicted molar refractivity (Wildman–Crippen MR) is 108 cm³/mol. The van der Waals surface area contributed by atoms with Gasteiger partial charge in [0, 0.05) is 22.7 Å². The van der Waals surface area contributed by atoms with E-state index in [1.165, 1.54) is 0 Å². The van der Waals surface area contributed by atoms with Crippen LogP contribution in [0, 0.1) is 5.92 Å². The Morgan fingerprint density at radius 3 is 2.63 bits per heavy atom. The molecule has 0 radical (unpaired) electrons. The third-order valence-electron chi connectivity index (χ3n) is 3.88. The van der Waals surface area contributed by atoms with Crippen molar-refractivity contribution in [1.29, 1.82) is 0 Å². The first-order valence-electron chi connectivity index (χ1n) is 8.87. The Labute approximate surface area is 164 Å². The van der Waals surface area contributed by atoms with Gasteiger partial charge in [-0.15, -0.1) is 0 Å². The van der Waals surface area contributed by atoms with Crippen molar-refractivity contribution >= 4 is 23.2 Å².